The molecule has 0 aliphatic rings. The van der Waals surface area contributed by atoms with Crippen LogP contribution >= 0.6 is 0 Å². The number of aromatic amines is 1. The second-order valence-corrected chi connectivity index (χ2v) is 8.80. The lowest BCUT2D eigenvalue weighted by atomic mass is 10.1. The number of aromatic nitrogens is 5. The van der Waals surface area contributed by atoms with Gasteiger partial charge in [0.15, 0.2) is 17.1 Å². The molecule has 8 nitrogen and oxygen atoms in total. The Morgan fingerprint density at radius 1 is 0.951 bits per heavy atom. The van der Waals surface area contributed by atoms with Crippen molar-refractivity contribution >= 4 is 10.8 Å². The number of hydrogen-bond donors (Lipinski definition) is 1. The molecular formula is C24H16F9N5O3. The lowest BCUT2D eigenvalue weighted by molar-refractivity contribution is -0.140. The van der Waals surface area contributed by atoms with E-state index in [9.17, 15) is 49.1 Å². The van der Waals surface area contributed by atoms with Gasteiger partial charge in [-0.05, 0) is 19.1 Å². The van der Waals surface area contributed by atoms with Crippen LogP contribution in [0.1, 0.15) is 24.5 Å². The minimum atomic E-state index is -5.09. The van der Waals surface area contributed by atoms with Crippen LogP contribution in [-0.2, 0) is 18.9 Å². The smallest absolute Gasteiger partial charge is 0.425 e. The van der Waals surface area contributed by atoms with Crippen molar-refractivity contribution in [1.82, 2.24) is 24.7 Å². The van der Waals surface area contributed by atoms with Gasteiger partial charge in [-0.15, -0.1) is 0 Å². The SMILES string of the molecule is C[C@@H](C[C@H](F)Cn1cc(F)c2cc(-c3ncc(C(F)(F)F)cn3)c(F)cc2c1=O)Oc1cn[nH]c(=O)c1C(F)(F)F. The maximum atomic E-state index is 14.9. The third-order valence-electron chi connectivity index (χ3n) is 5.76. The first-order valence-electron chi connectivity index (χ1n) is 11.4. The van der Waals surface area contributed by atoms with Gasteiger partial charge in [-0.2, -0.15) is 31.4 Å². The molecule has 0 saturated carbocycles. The van der Waals surface area contributed by atoms with E-state index < -0.39 is 99.4 Å². The predicted octanol–water partition coefficient (Wildman–Crippen LogP) is 5.05. The Bertz CT molecular complexity index is 1700. The highest BCUT2D eigenvalue weighted by Gasteiger charge is 2.39. The standard InChI is InChI=1S/C24H16F9N5O3/c1-10(41-18-7-36-37-21(39)19(18)24(31,32)33)2-12(25)8-38-9-17(27)13-3-15(16(26)4-14(13)22(38)40)20-34-5-11(6-35-20)23(28,29)30/h3-7,9-10,12H,2,8H2,1H3,(H,37,39)/t10-,12-/m0/s1. The maximum Gasteiger partial charge on any atom is 0.425 e. The van der Waals surface area contributed by atoms with Crippen LogP contribution in [-0.4, -0.2) is 37.0 Å². The molecule has 218 valence electrons. The average molecular weight is 593 g/mol. The van der Waals surface area contributed by atoms with Gasteiger partial charge in [0.25, 0.3) is 11.1 Å². The highest BCUT2D eigenvalue weighted by molar-refractivity contribution is 5.86. The van der Waals surface area contributed by atoms with E-state index in [2.05, 4.69) is 15.1 Å². The molecule has 1 aromatic carbocycles. The molecule has 0 amide bonds. The van der Waals surface area contributed by atoms with Crippen LogP contribution in [0.5, 0.6) is 5.75 Å². The molecule has 0 unspecified atom stereocenters. The first-order valence-corrected chi connectivity index (χ1v) is 11.4. The highest BCUT2D eigenvalue weighted by Crippen LogP contribution is 2.34. The summed E-state index contributed by atoms with van der Waals surface area (Å²) >= 11 is 0. The van der Waals surface area contributed by atoms with Gasteiger partial charge in [-0.3, -0.25) is 9.59 Å². The van der Waals surface area contributed by atoms with Gasteiger partial charge in [0, 0.05) is 30.4 Å². The van der Waals surface area contributed by atoms with Crippen molar-refractivity contribution < 1.29 is 44.3 Å². The minimum absolute atomic E-state index is 0.405. The third-order valence-corrected chi connectivity index (χ3v) is 5.76. The molecule has 3 heterocycles. The average Bonchev–Trinajstić information content (AvgIpc) is 2.85. The molecule has 0 saturated heterocycles. The predicted molar refractivity (Wildman–Crippen MR) is 124 cm³/mol. The number of halogens is 9. The Labute approximate surface area is 222 Å². The van der Waals surface area contributed by atoms with Crippen LogP contribution in [0.25, 0.3) is 22.2 Å². The third kappa shape index (κ3) is 6.33. The molecule has 0 bridgehead atoms. The van der Waals surface area contributed by atoms with Crippen molar-refractivity contribution in [2.24, 2.45) is 0 Å². The van der Waals surface area contributed by atoms with Gasteiger partial charge < -0.3 is 9.30 Å². The highest BCUT2D eigenvalue weighted by atomic mass is 19.4. The monoisotopic (exact) mass is 593 g/mol. The summed E-state index contributed by atoms with van der Waals surface area (Å²) in [5, 5.41) is 3.87. The van der Waals surface area contributed by atoms with Crippen molar-refractivity contribution in [2.45, 2.75) is 44.5 Å². The molecule has 1 N–H and O–H groups in total. The number of H-pyrrole nitrogens is 1. The van der Waals surface area contributed by atoms with Crippen molar-refractivity contribution in [3.8, 4) is 17.1 Å². The summed E-state index contributed by atoms with van der Waals surface area (Å²) in [6.07, 6.45) is -11.7. The van der Waals surface area contributed by atoms with E-state index in [1.807, 2.05) is 0 Å². The molecule has 0 aliphatic heterocycles. The molecule has 2 atom stereocenters. The van der Waals surface area contributed by atoms with Crippen molar-refractivity contribution in [3.63, 3.8) is 0 Å². The van der Waals surface area contributed by atoms with E-state index in [-0.39, 0.29) is 0 Å². The van der Waals surface area contributed by atoms with E-state index in [1.165, 1.54) is 6.92 Å². The number of pyridine rings is 1. The van der Waals surface area contributed by atoms with Crippen LogP contribution < -0.4 is 15.9 Å². The second kappa shape index (κ2) is 10.9. The second-order valence-electron chi connectivity index (χ2n) is 8.80. The number of alkyl halides is 7. The van der Waals surface area contributed by atoms with E-state index in [0.717, 1.165) is 6.07 Å². The van der Waals surface area contributed by atoms with Crippen LogP contribution in [0, 0.1) is 11.6 Å². The van der Waals surface area contributed by atoms with Crippen LogP contribution in [0.15, 0.2) is 46.5 Å². The summed E-state index contributed by atoms with van der Waals surface area (Å²) in [5.41, 5.74) is -5.98. The Kier molecular flexibility index (Phi) is 7.82. The topological polar surface area (TPSA) is 103 Å². The molecular weight excluding hydrogens is 577 g/mol. The number of ether oxygens (including phenoxy) is 1. The van der Waals surface area contributed by atoms with Gasteiger partial charge in [-0.25, -0.2) is 28.2 Å². The van der Waals surface area contributed by atoms with Gasteiger partial charge in [-0.1, -0.05) is 0 Å². The minimum Gasteiger partial charge on any atom is -0.488 e. The number of rotatable bonds is 7. The largest absolute Gasteiger partial charge is 0.488 e. The molecule has 0 aliphatic carbocycles. The Hall–Kier alpha value is -4.44. The number of benzene rings is 1. The van der Waals surface area contributed by atoms with E-state index in [1.54, 1.807) is 5.10 Å². The molecule has 0 spiro atoms. The van der Waals surface area contributed by atoms with Crippen LogP contribution in [0.3, 0.4) is 0 Å². The first-order chi connectivity index (χ1) is 19.1. The summed E-state index contributed by atoms with van der Waals surface area (Å²) in [7, 11) is 0. The van der Waals surface area contributed by atoms with E-state index >= 15 is 0 Å². The van der Waals surface area contributed by atoms with Crippen LogP contribution in [0.4, 0.5) is 39.5 Å². The fourth-order valence-electron chi connectivity index (χ4n) is 3.94. The van der Waals surface area contributed by atoms with Gasteiger partial charge in [0.1, 0.15) is 17.8 Å². The Balaban J connectivity index is 1.56. The lowest BCUT2D eigenvalue weighted by Crippen LogP contribution is -2.29. The normalized spacial score (nSPS) is 13.8. The Morgan fingerprint density at radius 2 is 1.61 bits per heavy atom. The molecule has 3 aromatic heterocycles. The summed E-state index contributed by atoms with van der Waals surface area (Å²) in [4.78, 5) is 31.3. The quantitative estimate of drug-likeness (QED) is 0.301. The molecule has 0 fully saturated rings. The fraction of sp³-hybridized carbons (Fsp3) is 0.292. The zero-order valence-electron chi connectivity index (χ0n) is 20.4. The zero-order valence-corrected chi connectivity index (χ0v) is 20.4. The summed E-state index contributed by atoms with van der Waals surface area (Å²) in [6.45, 7) is 0.391. The van der Waals surface area contributed by atoms with E-state index in [4.69, 9.17) is 4.74 Å². The molecule has 41 heavy (non-hydrogen) atoms. The lowest BCUT2D eigenvalue weighted by Gasteiger charge is -2.19. The van der Waals surface area contributed by atoms with Gasteiger partial charge >= 0.3 is 12.4 Å². The van der Waals surface area contributed by atoms with E-state index in [0.29, 0.717) is 35.4 Å². The summed E-state index contributed by atoms with van der Waals surface area (Å²) < 4.78 is 128. The molecule has 17 heteroatoms. The molecule has 4 rings (SSSR count). The fourth-order valence-corrected chi connectivity index (χ4v) is 3.94. The number of nitrogens with one attached hydrogen (secondary N) is 1. The van der Waals surface area contributed by atoms with Crippen molar-refractivity contribution in [2.75, 3.05) is 0 Å². The number of nitrogens with zero attached hydrogens (tertiary/aromatic N) is 4. The van der Waals surface area contributed by atoms with Crippen LogP contribution in [0.2, 0.25) is 0 Å². The number of fused-ring (bicyclic) bond motifs is 1. The molecule has 4 aromatic rings. The first kappa shape index (κ1) is 29.5. The maximum absolute atomic E-state index is 14.9. The van der Waals surface area contributed by atoms with Gasteiger partial charge in [0.05, 0.1) is 35.4 Å². The van der Waals surface area contributed by atoms with Crippen molar-refractivity contribution in [1.29, 1.82) is 0 Å². The summed E-state index contributed by atoms with van der Waals surface area (Å²) in [6, 6.07) is 1.43. The Morgan fingerprint density at radius 3 is 2.22 bits per heavy atom. The number of hydrogen-bond acceptors (Lipinski definition) is 6. The molecule has 0 radical (unpaired) electrons. The van der Waals surface area contributed by atoms with Crippen molar-refractivity contribution in [3.05, 3.63) is 80.4 Å². The van der Waals surface area contributed by atoms with Gasteiger partial charge in [0.2, 0.25) is 0 Å². The summed E-state index contributed by atoms with van der Waals surface area (Å²) in [5.74, 6) is -3.74. The zero-order chi connectivity index (χ0) is 30.3.